The number of hydrogen-bond donors (Lipinski definition) is 1. The van der Waals surface area contributed by atoms with Crippen molar-refractivity contribution in [3.05, 3.63) is 34.9 Å². The number of methoxy groups -OCH3 is 1. The normalized spacial score (nSPS) is 12.6. The highest BCUT2D eigenvalue weighted by molar-refractivity contribution is 6.32. The summed E-state index contributed by atoms with van der Waals surface area (Å²) in [4.78, 5) is 10.6. The summed E-state index contributed by atoms with van der Waals surface area (Å²) in [6.45, 7) is 2.52. The highest BCUT2D eigenvalue weighted by Crippen LogP contribution is 2.28. The van der Waals surface area contributed by atoms with Crippen molar-refractivity contribution < 1.29 is 19.4 Å². The van der Waals surface area contributed by atoms with Crippen molar-refractivity contribution in [2.24, 2.45) is 0 Å². The Morgan fingerprint density at radius 1 is 1.53 bits per heavy atom. The topological polar surface area (TPSA) is 55.8 Å². The van der Waals surface area contributed by atoms with E-state index < -0.39 is 5.97 Å². The molecule has 0 aliphatic carbocycles. The second-order valence-electron chi connectivity index (χ2n) is 4.03. The predicted octanol–water partition coefficient (Wildman–Crippen LogP) is 3.24. The molecule has 0 bridgehead atoms. The van der Waals surface area contributed by atoms with Gasteiger partial charge in [0.2, 0.25) is 0 Å². The fraction of sp³-hybridized carbons (Fsp3) is 0.357. The van der Waals surface area contributed by atoms with E-state index in [9.17, 15) is 4.79 Å². The number of carboxylic acids is 1. The molecule has 1 N–H and O–H groups in total. The van der Waals surface area contributed by atoms with Crippen LogP contribution in [0.5, 0.6) is 5.75 Å². The largest absolute Gasteiger partial charge is 0.490 e. The lowest BCUT2D eigenvalue weighted by atomic mass is 10.1. The highest BCUT2D eigenvalue weighted by atomic mass is 35.5. The van der Waals surface area contributed by atoms with Gasteiger partial charge >= 0.3 is 5.97 Å². The van der Waals surface area contributed by atoms with Crippen molar-refractivity contribution in [1.29, 1.82) is 0 Å². The van der Waals surface area contributed by atoms with E-state index in [1.54, 1.807) is 25.3 Å². The molecule has 1 atom stereocenters. The standard InChI is InChI=1S/C14H17ClO4/c1-10(8-9-18-2)19-13-5-3-4-12(15)11(13)6-7-14(16)17/h3-7,10H,8-9H2,1-2H3,(H,16,17)/b7-6+. The van der Waals surface area contributed by atoms with Crippen molar-refractivity contribution in [2.45, 2.75) is 19.4 Å². The minimum absolute atomic E-state index is 0.0459. The summed E-state index contributed by atoms with van der Waals surface area (Å²) in [6.07, 6.45) is 3.16. The van der Waals surface area contributed by atoms with Gasteiger partial charge in [-0.05, 0) is 25.1 Å². The third-order valence-corrected chi connectivity index (χ3v) is 2.79. The molecule has 0 aliphatic heterocycles. The van der Waals surface area contributed by atoms with Crippen LogP contribution in [0, 0.1) is 0 Å². The number of carbonyl (C=O) groups is 1. The van der Waals surface area contributed by atoms with Gasteiger partial charge in [-0.2, -0.15) is 0 Å². The zero-order valence-electron chi connectivity index (χ0n) is 10.9. The van der Waals surface area contributed by atoms with E-state index in [2.05, 4.69) is 0 Å². The number of ether oxygens (including phenoxy) is 2. The molecule has 0 amide bonds. The maximum Gasteiger partial charge on any atom is 0.328 e. The molecule has 0 heterocycles. The molecule has 1 rings (SSSR count). The molecule has 1 unspecified atom stereocenters. The van der Waals surface area contributed by atoms with Gasteiger partial charge in [0.15, 0.2) is 0 Å². The molecule has 0 saturated carbocycles. The third-order valence-electron chi connectivity index (χ3n) is 2.46. The van der Waals surface area contributed by atoms with E-state index in [0.717, 1.165) is 12.5 Å². The van der Waals surface area contributed by atoms with Gasteiger partial charge in [-0.25, -0.2) is 4.79 Å². The van der Waals surface area contributed by atoms with Gasteiger partial charge in [0, 0.05) is 31.8 Å². The van der Waals surface area contributed by atoms with Gasteiger partial charge in [0.1, 0.15) is 5.75 Å². The van der Waals surface area contributed by atoms with E-state index >= 15 is 0 Å². The van der Waals surface area contributed by atoms with E-state index in [1.807, 2.05) is 6.92 Å². The lowest BCUT2D eigenvalue weighted by Gasteiger charge is -2.16. The number of halogens is 1. The first-order chi connectivity index (χ1) is 9.04. The van der Waals surface area contributed by atoms with Crippen LogP contribution in [0.2, 0.25) is 5.02 Å². The number of carboxylic acid groups (broad SMARTS) is 1. The maximum atomic E-state index is 10.6. The number of hydrogen-bond acceptors (Lipinski definition) is 3. The number of rotatable bonds is 7. The monoisotopic (exact) mass is 284 g/mol. The van der Waals surface area contributed by atoms with Gasteiger partial charge in [0.05, 0.1) is 11.1 Å². The van der Waals surface area contributed by atoms with Crippen LogP contribution in [0.1, 0.15) is 18.9 Å². The third kappa shape index (κ3) is 5.32. The quantitative estimate of drug-likeness (QED) is 0.781. The molecule has 19 heavy (non-hydrogen) atoms. The minimum atomic E-state index is -1.03. The first kappa shape index (κ1) is 15.5. The second-order valence-corrected chi connectivity index (χ2v) is 4.44. The van der Waals surface area contributed by atoms with Gasteiger partial charge in [-0.15, -0.1) is 0 Å². The Bertz CT molecular complexity index is 457. The Kier molecular flexibility index (Phi) is 6.39. The van der Waals surface area contributed by atoms with Crippen molar-refractivity contribution in [3.8, 4) is 5.75 Å². The summed E-state index contributed by atoms with van der Waals surface area (Å²) >= 11 is 6.05. The first-order valence-electron chi connectivity index (χ1n) is 5.89. The molecule has 5 heteroatoms. The van der Waals surface area contributed by atoms with E-state index in [1.165, 1.54) is 6.08 Å². The van der Waals surface area contributed by atoms with Crippen LogP contribution in [-0.2, 0) is 9.53 Å². The average molecular weight is 285 g/mol. The smallest absolute Gasteiger partial charge is 0.328 e. The Labute approximate surface area is 117 Å². The number of benzene rings is 1. The van der Waals surface area contributed by atoms with Gasteiger partial charge in [-0.1, -0.05) is 17.7 Å². The number of aliphatic carboxylic acids is 1. The van der Waals surface area contributed by atoms with Crippen molar-refractivity contribution in [1.82, 2.24) is 0 Å². The van der Waals surface area contributed by atoms with E-state index in [4.69, 9.17) is 26.2 Å². The summed E-state index contributed by atoms with van der Waals surface area (Å²) in [5.41, 5.74) is 0.566. The Morgan fingerprint density at radius 3 is 2.89 bits per heavy atom. The molecule has 0 saturated heterocycles. The zero-order valence-corrected chi connectivity index (χ0v) is 11.7. The summed E-state index contributed by atoms with van der Waals surface area (Å²) in [5, 5.41) is 9.12. The van der Waals surface area contributed by atoms with Gasteiger partial charge in [0.25, 0.3) is 0 Å². The highest BCUT2D eigenvalue weighted by Gasteiger charge is 2.09. The summed E-state index contributed by atoms with van der Waals surface area (Å²) in [5.74, 6) is -0.466. The molecule has 104 valence electrons. The SMILES string of the molecule is COCCC(C)Oc1cccc(Cl)c1/C=C/C(=O)O. The summed E-state index contributed by atoms with van der Waals surface area (Å²) in [7, 11) is 1.63. The van der Waals surface area contributed by atoms with Crippen LogP contribution in [0.4, 0.5) is 0 Å². The molecule has 0 spiro atoms. The second kappa shape index (κ2) is 7.81. The van der Waals surface area contributed by atoms with E-state index in [0.29, 0.717) is 22.9 Å². The molecule has 4 nitrogen and oxygen atoms in total. The lowest BCUT2D eigenvalue weighted by Crippen LogP contribution is -2.14. The van der Waals surface area contributed by atoms with E-state index in [-0.39, 0.29) is 6.10 Å². The summed E-state index contributed by atoms with van der Waals surface area (Å²) < 4.78 is 10.7. The molecule has 0 radical (unpaired) electrons. The van der Waals surface area contributed by atoms with Crippen molar-refractivity contribution in [2.75, 3.05) is 13.7 Å². The fourth-order valence-electron chi connectivity index (χ4n) is 1.50. The maximum absolute atomic E-state index is 10.6. The van der Waals surface area contributed by atoms with Crippen LogP contribution in [-0.4, -0.2) is 30.9 Å². The van der Waals surface area contributed by atoms with Crippen LogP contribution < -0.4 is 4.74 Å². The van der Waals surface area contributed by atoms with Crippen LogP contribution >= 0.6 is 11.6 Å². The average Bonchev–Trinajstić information content (AvgIpc) is 2.35. The first-order valence-corrected chi connectivity index (χ1v) is 6.27. The lowest BCUT2D eigenvalue weighted by molar-refractivity contribution is -0.131. The van der Waals surface area contributed by atoms with Gasteiger partial charge in [-0.3, -0.25) is 0 Å². The fourth-order valence-corrected chi connectivity index (χ4v) is 1.72. The Hall–Kier alpha value is -1.52. The predicted molar refractivity (Wildman–Crippen MR) is 74.7 cm³/mol. The van der Waals surface area contributed by atoms with Crippen molar-refractivity contribution in [3.63, 3.8) is 0 Å². The molecular weight excluding hydrogens is 268 g/mol. The van der Waals surface area contributed by atoms with Gasteiger partial charge < -0.3 is 14.6 Å². The molecule has 0 fully saturated rings. The van der Waals surface area contributed by atoms with Crippen molar-refractivity contribution >= 4 is 23.6 Å². The molecule has 0 aliphatic rings. The zero-order chi connectivity index (χ0) is 14.3. The van der Waals surface area contributed by atoms with Crippen LogP contribution in [0.15, 0.2) is 24.3 Å². The molecule has 1 aromatic rings. The molecular formula is C14H17ClO4. The molecule has 0 aromatic heterocycles. The summed E-state index contributed by atoms with van der Waals surface area (Å²) in [6, 6.07) is 5.21. The minimum Gasteiger partial charge on any atom is -0.490 e. The molecule has 1 aromatic carbocycles. The Morgan fingerprint density at radius 2 is 2.26 bits per heavy atom. The Balaban J connectivity index is 2.87. The van der Waals surface area contributed by atoms with Crippen LogP contribution in [0.3, 0.4) is 0 Å². The van der Waals surface area contributed by atoms with Crippen LogP contribution in [0.25, 0.3) is 6.08 Å².